The standard InChI is InChI=1S/C16H17NO6S/c1-8-9(2)24-14(17-10(3)18)13(8)16(20)22-7-11-5-6-12(23-11)15(19)21-4/h5-6H,7H2,1-4H3,(H,17,18). The van der Waals surface area contributed by atoms with Gasteiger partial charge in [-0.2, -0.15) is 0 Å². The molecule has 2 rings (SSSR count). The molecule has 0 atom stereocenters. The first-order chi connectivity index (χ1) is 11.3. The molecule has 0 unspecified atom stereocenters. The van der Waals surface area contributed by atoms with Crippen molar-refractivity contribution >= 4 is 34.2 Å². The van der Waals surface area contributed by atoms with Gasteiger partial charge in [-0.25, -0.2) is 9.59 Å². The molecule has 24 heavy (non-hydrogen) atoms. The van der Waals surface area contributed by atoms with Crippen molar-refractivity contribution in [1.82, 2.24) is 0 Å². The van der Waals surface area contributed by atoms with Crippen molar-refractivity contribution in [2.75, 3.05) is 12.4 Å². The number of thiophene rings is 1. The van der Waals surface area contributed by atoms with Crippen molar-refractivity contribution in [1.29, 1.82) is 0 Å². The summed E-state index contributed by atoms with van der Waals surface area (Å²) < 4.78 is 15.0. The molecular weight excluding hydrogens is 334 g/mol. The maximum atomic E-state index is 12.4. The smallest absolute Gasteiger partial charge is 0.373 e. The van der Waals surface area contributed by atoms with E-state index in [0.717, 1.165) is 10.4 Å². The number of carbonyl (C=O) groups is 3. The van der Waals surface area contributed by atoms with Crippen molar-refractivity contribution < 1.29 is 28.3 Å². The summed E-state index contributed by atoms with van der Waals surface area (Å²) in [7, 11) is 1.25. The Bertz CT molecular complexity index is 789. The summed E-state index contributed by atoms with van der Waals surface area (Å²) in [6.45, 7) is 4.88. The molecule has 2 heterocycles. The van der Waals surface area contributed by atoms with E-state index in [9.17, 15) is 14.4 Å². The van der Waals surface area contributed by atoms with Crippen LogP contribution in [0.5, 0.6) is 0 Å². The summed E-state index contributed by atoms with van der Waals surface area (Å²) in [6, 6.07) is 2.97. The van der Waals surface area contributed by atoms with E-state index < -0.39 is 11.9 Å². The average molecular weight is 351 g/mol. The number of anilines is 1. The van der Waals surface area contributed by atoms with Gasteiger partial charge >= 0.3 is 11.9 Å². The van der Waals surface area contributed by atoms with Crippen LogP contribution < -0.4 is 5.32 Å². The zero-order valence-electron chi connectivity index (χ0n) is 13.7. The summed E-state index contributed by atoms with van der Waals surface area (Å²) in [5.74, 6) is -1.10. The Kier molecular flexibility index (Phi) is 5.40. The molecule has 0 spiro atoms. The molecule has 0 radical (unpaired) electrons. The van der Waals surface area contributed by atoms with Crippen molar-refractivity contribution in [2.24, 2.45) is 0 Å². The lowest BCUT2D eigenvalue weighted by atomic mass is 10.1. The number of hydrogen-bond acceptors (Lipinski definition) is 7. The van der Waals surface area contributed by atoms with Gasteiger partial charge in [0.2, 0.25) is 11.7 Å². The van der Waals surface area contributed by atoms with E-state index in [-0.39, 0.29) is 18.3 Å². The Hall–Kier alpha value is -2.61. The second kappa shape index (κ2) is 7.31. The molecule has 0 fully saturated rings. The van der Waals surface area contributed by atoms with Gasteiger partial charge in [-0.15, -0.1) is 11.3 Å². The van der Waals surface area contributed by atoms with Crippen LogP contribution in [0.3, 0.4) is 0 Å². The SMILES string of the molecule is COC(=O)c1ccc(COC(=O)c2c(NC(C)=O)sc(C)c2C)o1. The number of ether oxygens (including phenoxy) is 2. The highest BCUT2D eigenvalue weighted by atomic mass is 32.1. The molecule has 2 aromatic rings. The zero-order valence-corrected chi connectivity index (χ0v) is 14.5. The number of aryl methyl sites for hydroxylation is 1. The Labute approximate surface area is 142 Å². The van der Waals surface area contributed by atoms with Gasteiger partial charge < -0.3 is 19.2 Å². The van der Waals surface area contributed by atoms with E-state index in [0.29, 0.717) is 16.3 Å². The third-order valence-electron chi connectivity index (χ3n) is 3.27. The van der Waals surface area contributed by atoms with Crippen molar-refractivity contribution in [2.45, 2.75) is 27.4 Å². The Morgan fingerprint density at radius 3 is 2.54 bits per heavy atom. The van der Waals surface area contributed by atoms with Crippen molar-refractivity contribution in [3.8, 4) is 0 Å². The summed E-state index contributed by atoms with van der Waals surface area (Å²) >= 11 is 1.31. The second-order valence-electron chi connectivity index (χ2n) is 5.00. The monoisotopic (exact) mass is 351 g/mol. The molecule has 1 amide bonds. The Balaban J connectivity index is 2.11. The molecule has 128 valence electrons. The lowest BCUT2D eigenvalue weighted by Gasteiger charge is -2.06. The number of esters is 2. The molecule has 1 N–H and O–H groups in total. The first kappa shape index (κ1) is 17.7. The summed E-state index contributed by atoms with van der Waals surface area (Å²) in [6.07, 6.45) is 0. The van der Waals surface area contributed by atoms with Gasteiger partial charge in [0, 0.05) is 11.8 Å². The van der Waals surface area contributed by atoms with E-state index in [4.69, 9.17) is 9.15 Å². The van der Waals surface area contributed by atoms with E-state index in [2.05, 4.69) is 10.1 Å². The number of carbonyl (C=O) groups excluding carboxylic acids is 3. The van der Waals surface area contributed by atoms with Crippen LogP contribution in [-0.4, -0.2) is 25.0 Å². The predicted octanol–water partition coefficient (Wildman–Crippen LogP) is 3.06. The zero-order chi connectivity index (χ0) is 17.9. The molecule has 0 bridgehead atoms. The highest BCUT2D eigenvalue weighted by molar-refractivity contribution is 7.16. The normalized spacial score (nSPS) is 10.3. The maximum Gasteiger partial charge on any atom is 0.373 e. The van der Waals surface area contributed by atoms with Crippen LogP contribution in [0, 0.1) is 13.8 Å². The fraction of sp³-hybridized carbons (Fsp3) is 0.312. The number of hydrogen-bond donors (Lipinski definition) is 1. The van der Waals surface area contributed by atoms with Crippen molar-refractivity contribution in [3.63, 3.8) is 0 Å². The topological polar surface area (TPSA) is 94.8 Å². The van der Waals surface area contributed by atoms with E-state index in [1.165, 1.54) is 37.5 Å². The van der Waals surface area contributed by atoms with Crippen molar-refractivity contribution in [3.05, 3.63) is 39.7 Å². The molecule has 0 aliphatic carbocycles. The predicted molar refractivity (Wildman–Crippen MR) is 87.3 cm³/mol. The molecule has 7 nitrogen and oxygen atoms in total. The maximum absolute atomic E-state index is 12.4. The highest BCUT2D eigenvalue weighted by Crippen LogP contribution is 2.33. The third kappa shape index (κ3) is 3.83. The molecule has 0 saturated heterocycles. The lowest BCUT2D eigenvalue weighted by molar-refractivity contribution is -0.114. The number of methoxy groups -OCH3 is 1. The minimum atomic E-state index is -0.607. The molecule has 2 aromatic heterocycles. The fourth-order valence-electron chi connectivity index (χ4n) is 2.00. The second-order valence-corrected chi connectivity index (χ2v) is 6.23. The average Bonchev–Trinajstić information content (AvgIpc) is 3.09. The lowest BCUT2D eigenvalue weighted by Crippen LogP contribution is -2.11. The molecule has 0 aromatic carbocycles. The highest BCUT2D eigenvalue weighted by Gasteiger charge is 2.22. The summed E-state index contributed by atoms with van der Waals surface area (Å²) in [4.78, 5) is 35.9. The Morgan fingerprint density at radius 1 is 1.21 bits per heavy atom. The van der Waals surface area contributed by atoms with Crippen LogP contribution in [0.2, 0.25) is 0 Å². The number of nitrogens with one attached hydrogen (secondary N) is 1. The van der Waals surface area contributed by atoms with Crippen LogP contribution in [0.4, 0.5) is 5.00 Å². The first-order valence-corrected chi connectivity index (χ1v) is 7.86. The molecule has 0 aliphatic rings. The van der Waals surface area contributed by atoms with Gasteiger partial charge in [0.25, 0.3) is 0 Å². The van der Waals surface area contributed by atoms with Crippen LogP contribution in [-0.2, 0) is 20.9 Å². The van der Waals surface area contributed by atoms with Crippen LogP contribution in [0.15, 0.2) is 16.5 Å². The van der Waals surface area contributed by atoms with Gasteiger partial charge in [-0.3, -0.25) is 4.79 Å². The minimum Gasteiger partial charge on any atom is -0.463 e. The van der Waals surface area contributed by atoms with Crippen LogP contribution in [0.1, 0.15) is 44.0 Å². The third-order valence-corrected chi connectivity index (χ3v) is 4.40. The minimum absolute atomic E-state index is 0.0324. The van der Waals surface area contributed by atoms with E-state index in [1.54, 1.807) is 6.92 Å². The van der Waals surface area contributed by atoms with Gasteiger partial charge in [0.15, 0.2) is 0 Å². The molecule has 0 aliphatic heterocycles. The first-order valence-electron chi connectivity index (χ1n) is 7.05. The largest absolute Gasteiger partial charge is 0.463 e. The quantitative estimate of drug-likeness (QED) is 0.832. The van der Waals surface area contributed by atoms with Crippen LogP contribution in [0.25, 0.3) is 0 Å². The molecule has 8 heteroatoms. The van der Waals surface area contributed by atoms with Gasteiger partial charge in [0.1, 0.15) is 17.4 Å². The van der Waals surface area contributed by atoms with E-state index in [1.807, 2.05) is 6.92 Å². The van der Waals surface area contributed by atoms with Crippen LogP contribution >= 0.6 is 11.3 Å². The number of amides is 1. The summed E-state index contributed by atoms with van der Waals surface area (Å²) in [5, 5.41) is 3.09. The fourth-order valence-corrected chi connectivity index (χ4v) is 3.09. The molecular formula is C16H17NO6S. The number of rotatable bonds is 5. The molecule has 0 saturated carbocycles. The van der Waals surface area contributed by atoms with E-state index >= 15 is 0 Å². The van der Waals surface area contributed by atoms with Gasteiger partial charge in [0.05, 0.1) is 12.7 Å². The Morgan fingerprint density at radius 2 is 1.92 bits per heavy atom. The van der Waals surface area contributed by atoms with Gasteiger partial charge in [-0.05, 0) is 31.5 Å². The van der Waals surface area contributed by atoms with Gasteiger partial charge in [-0.1, -0.05) is 0 Å². The number of furan rings is 1. The summed E-state index contributed by atoms with van der Waals surface area (Å²) in [5.41, 5.74) is 1.08.